The Morgan fingerprint density at radius 1 is 1.25 bits per heavy atom. The van der Waals surface area contributed by atoms with Gasteiger partial charge in [0.1, 0.15) is 6.67 Å². The number of alkyl halides is 1. The molecule has 0 spiro atoms. The average Bonchev–Trinajstić information content (AvgIpc) is 2.98. The molecule has 0 aliphatic heterocycles. The van der Waals surface area contributed by atoms with Crippen molar-refractivity contribution in [3.8, 4) is 0 Å². The topological polar surface area (TPSA) is 47.7 Å². The van der Waals surface area contributed by atoms with Crippen LogP contribution in [0.15, 0.2) is 18.6 Å². The van der Waals surface area contributed by atoms with E-state index in [1.807, 2.05) is 17.8 Å². The molecular formula is C13H21ClFN5. The largest absolute Gasteiger partial charge is 0.308 e. The third-order valence-electron chi connectivity index (χ3n) is 3.02. The van der Waals surface area contributed by atoms with Gasteiger partial charge >= 0.3 is 0 Å². The van der Waals surface area contributed by atoms with Crippen molar-refractivity contribution in [2.45, 2.75) is 40.0 Å². The van der Waals surface area contributed by atoms with Gasteiger partial charge in [0, 0.05) is 43.2 Å². The Morgan fingerprint density at radius 3 is 2.70 bits per heavy atom. The van der Waals surface area contributed by atoms with E-state index >= 15 is 0 Å². The number of aromatic nitrogens is 4. The van der Waals surface area contributed by atoms with Crippen LogP contribution < -0.4 is 5.32 Å². The van der Waals surface area contributed by atoms with Gasteiger partial charge in [-0.15, -0.1) is 12.4 Å². The molecule has 0 saturated heterocycles. The lowest BCUT2D eigenvalue weighted by atomic mass is 10.2. The van der Waals surface area contributed by atoms with Crippen molar-refractivity contribution in [3.05, 3.63) is 35.4 Å². The molecule has 5 nitrogen and oxygen atoms in total. The molecule has 0 unspecified atom stereocenters. The molecular weight excluding hydrogens is 281 g/mol. The van der Waals surface area contributed by atoms with Crippen LogP contribution in [-0.4, -0.2) is 26.2 Å². The molecule has 0 saturated carbocycles. The van der Waals surface area contributed by atoms with Crippen LogP contribution in [0.4, 0.5) is 4.39 Å². The molecule has 2 aromatic rings. The summed E-state index contributed by atoms with van der Waals surface area (Å²) in [6, 6.07) is 0. The van der Waals surface area contributed by atoms with Gasteiger partial charge in [0.15, 0.2) is 0 Å². The summed E-state index contributed by atoms with van der Waals surface area (Å²) < 4.78 is 15.7. The van der Waals surface area contributed by atoms with E-state index in [1.165, 1.54) is 5.56 Å². The number of rotatable bonds is 7. The van der Waals surface area contributed by atoms with Crippen molar-refractivity contribution in [2.75, 3.05) is 6.67 Å². The molecule has 2 heterocycles. The van der Waals surface area contributed by atoms with E-state index in [0.717, 1.165) is 30.9 Å². The van der Waals surface area contributed by atoms with E-state index in [9.17, 15) is 4.39 Å². The molecule has 20 heavy (non-hydrogen) atoms. The van der Waals surface area contributed by atoms with Gasteiger partial charge in [-0.25, -0.2) is 4.39 Å². The second-order valence-electron chi connectivity index (χ2n) is 4.50. The number of halogens is 2. The maximum atomic E-state index is 12.2. The van der Waals surface area contributed by atoms with Gasteiger partial charge in [0.05, 0.1) is 18.4 Å². The van der Waals surface area contributed by atoms with Gasteiger partial charge in [0.2, 0.25) is 0 Å². The highest BCUT2D eigenvalue weighted by Crippen LogP contribution is 2.06. The minimum atomic E-state index is -0.385. The summed E-state index contributed by atoms with van der Waals surface area (Å²) in [5.41, 5.74) is 3.33. The van der Waals surface area contributed by atoms with Crippen LogP contribution in [-0.2, 0) is 26.2 Å². The lowest BCUT2D eigenvalue weighted by Crippen LogP contribution is -2.12. The fourth-order valence-corrected chi connectivity index (χ4v) is 1.94. The third-order valence-corrected chi connectivity index (χ3v) is 3.02. The second kappa shape index (κ2) is 8.01. The summed E-state index contributed by atoms with van der Waals surface area (Å²) in [6.45, 7) is 6.41. The minimum Gasteiger partial charge on any atom is -0.308 e. The minimum absolute atomic E-state index is 0. The molecule has 112 valence electrons. The van der Waals surface area contributed by atoms with Crippen LogP contribution in [0.5, 0.6) is 0 Å². The molecule has 0 aromatic carbocycles. The summed E-state index contributed by atoms with van der Waals surface area (Å²) in [5, 5.41) is 11.8. The maximum Gasteiger partial charge on any atom is 0.109 e. The quantitative estimate of drug-likeness (QED) is 0.852. The first kappa shape index (κ1) is 16.7. The molecule has 0 bridgehead atoms. The molecule has 0 fully saturated rings. The predicted molar refractivity (Wildman–Crippen MR) is 78.6 cm³/mol. The number of aryl methyl sites for hydroxylation is 3. The van der Waals surface area contributed by atoms with Crippen LogP contribution in [0.2, 0.25) is 0 Å². The lowest BCUT2D eigenvalue weighted by Gasteiger charge is -2.01. The Hall–Kier alpha value is -1.40. The van der Waals surface area contributed by atoms with Crippen LogP contribution in [0, 0.1) is 6.92 Å². The summed E-state index contributed by atoms with van der Waals surface area (Å²) in [6.07, 6.45) is 5.70. The molecule has 0 aliphatic rings. The van der Waals surface area contributed by atoms with Crippen molar-refractivity contribution >= 4 is 12.4 Å². The zero-order valence-electron chi connectivity index (χ0n) is 11.8. The SMILES string of the molecule is CCn1cc(CNCc2cnn(CCF)c2)c(C)n1.Cl. The average molecular weight is 302 g/mol. The second-order valence-corrected chi connectivity index (χ2v) is 4.50. The smallest absolute Gasteiger partial charge is 0.109 e. The third kappa shape index (κ3) is 4.31. The van der Waals surface area contributed by atoms with Crippen LogP contribution in [0.1, 0.15) is 23.7 Å². The maximum absolute atomic E-state index is 12.2. The highest BCUT2D eigenvalue weighted by Gasteiger charge is 2.04. The van der Waals surface area contributed by atoms with Crippen molar-refractivity contribution in [2.24, 2.45) is 0 Å². The summed E-state index contributed by atoms with van der Waals surface area (Å²) in [7, 11) is 0. The first-order valence-corrected chi connectivity index (χ1v) is 6.54. The first-order valence-electron chi connectivity index (χ1n) is 6.54. The summed E-state index contributed by atoms with van der Waals surface area (Å²) >= 11 is 0. The molecule has 2 aromatic heterocycles. The fraction of sp³-hybridized carbons (Fsp3) is 0.538. The van der Waals surface area contributed by atoms with Crippen molar-refractivity contribution in [1.82, 2.24) is 24.9 Å². The number of hydrogen-bond donors (Lipinski definition) is 1. The molecule has 1 N–H and O–H groups in total. The van der Waals surface area contributed by atoms with E-state index in [-0.39, 0.29) is 19.1 Å². The zero-order valence-corrected chi connectivity index (χ0v) is 12.7. The summed E-state index contributed by atoms with van der Waals surface area (Å²) in [5.74, 6) is 0. The standard InChI is InChI=1S/C13H20FN5.ClH/c1-3-18-10-13(11(2)17-18)8-15-6-12-7-16-19(9-12)5-4-14;/h7,9-10,15H,3-6,8H2,1-2H3;1H. The Morgan fingerprint density at radius 2 is 2.05 bits per heavy atom. The van der Waals surface area contributed by atoms with Crippen molar-refractivity contribution in [3.63, 3.8) is 0 Å². The summed E-state index contributed by atoms with van der Waals surface area (Å²) in [4.78, 5) is 0. The van der Waals surface area contributed by atoms with E-state index in [0.29, 0.717) is 6.54 Å². The van der Waals surface area contributed by atoms with Crippen LogP contribution >= 0.6 is 12.4 Å². The van der Waals surface area contributed by atoms with Crippen molar-refractivity contribution in [1.29, 1.82) is 0 Å². The van der Waals surface area contributed by atoms with Gasteiger partial charge in [-0.1, -0.05) is 0 Å². The van der Waals surface area contributed by atoms with Crippen LogP contribution in [0.25, 0.3) is 0 Å². The molecule has 0 atom stereocenters. The highest BCUT2D eigenvalue weighted by atomic mass is 35.5. The van der Waals surface area contributed by atoms with E-state index in [2.05, 4.69) is 28.6 Å². The Labute approximate surface area is 124 Å². The molecule has 7 heteroatoms. The number of hydrogen-bond acceptors (Lipinski definition) is 3. The lowest BCUT2D eigenvalue weighted by molar-refractivity contribution is 0.427. The number of nitrogens with one attached hydrogen (secondary N) is 1. The van der Waals surface area contributed by atoms with Gasteiger partial charge in [0.25, 0.3) is 0 Å². The molecule has 0 amide bonds. The molecule has 0 radical (unpaired) electrons. The van der Waals surface area contributed by atoms with Gasteiger partial charge in [-0.05, 0) is 13.8 Å². The monoisotopic (exact) mass is 301 g/mol. The van der Waals surface area contributed by atoms with Crippen molar-refractivity contribution < 1.29 is 4.39 Å². The predicted octanol–water partition coefficient (Wildman–Crippen LogP) is 2.09. The fourth-order valence-electron chi connectivity index (χ4n) is 1.94. The Bertz CT molecular complexity index is 523. The highest BCUT2D eigenvalue weighted by molar-refractivity contribution is 5.85. The normalized spacial score (nSPS) is 10.6. The van der Waals surface area contributed by atoms with Crippen LogP contribution in [0.3, 0.4) is 0 Å². The Balaban J connectivity index is 0.00000200. The van der Waals surface area contributed by atoms with Gasteiger partial charge in [-0.3, -0.25) is 9.36 Å². The number of nitrogens with zero attached hydrogens (tertiary/aromatic N) is 4. The zero-order chi connectivity index (χ0) is 13.7. The first-order chi connectivity index (χ1) is 9.22. The van der Waals surface area contributed by atoms with Gasteiger partial charge in [-0.2, -0.15) is 10.2 Å². The Kier molecular flexibility index (Phi) is 6.67. The molecule has 2 rings (SSSR count). The van der Waals surface area contributed by atoms with E-state index < -0.39 is 0 Å². The molecule has 0 aliphatic carbocycles. The van der Waals surface area contributed by atoms with E-state index in [1.54, 1.807) is 10.9 Å². The van der Waals surface area contributed by atoms with Gasteiger partial charge < -0.3 is 5.32 Å². The van der Waals surface area contributed by atoms with E-state index in [4.69, 9.17) is 0 Å².